The zero-order valence-corrected chi connectivity index (χ0v) is 9.14. The SMILES string of the molecule is N#CCCCS(=O)c1cccc(Cl)c1. The van der Waals surface area contributed by atoms with Crippen molar-refractivity contribution in [3.63, 3.8) is 0 Å². The van der Waals surface area contributed by atoms with Crippen LogP contribution in [0.3, 0.4) is 0 Å². The van der Waals surface area contributed by atoms with Crippen LogP contribution in [0.25, 0.3) is 0 Å². The van der Waals surface area contributed by atoms with Crippen molar-refractivity contribution in [2.24, 2.45) is 0 Å². The first-order valence-electron chi connectivity index (χ1n) is 4.25. The molecule has 1 aromatic carbocycles. The lowest BCUT2D eigenvalue weighted by molar-refractivity contribution is 0.681. The van der Waals surface area contributed by atoms with Crippen LogP contribution in [0, 0.1) is 11.3 Å². The third-order valence-electron chi connectivity index (χ3n) is 1.68. The Hall–Kier alpha value is -0.850. The number of halogens is 1. The topological polar surface area (TPSA) is 40.9 Å². The summed E-state index contributed by atoms with van der Waals surface area (Å²) in [5.74, 6) is 0.522. The van der Waals surface area contributed by atoms with E-state index in [1.807, 2.05) is 6.07 Å². The fraction of sp³-hybridized carbons (Fsp3) is 0.300. The second-order valence-corrected chi connectivity index (χ2v) is 4.78. The van der Waals surface area contributed by atoms with E-state index < -0.39 is 10.8 Å². The van der Waals surface area contributed by atoms with Gasteiger partial charge in [0.25, 0.3) is 0 Å². The van der Waals surface area contributed by atoms with Gasteiger partial charge >= 0.3 is 0 Å². The summed E-state index contributed by atoms with van der Waals surface area (Å²) in [4.78, 5) is 0.732. The monoisotopic (exact) mass is 227 g/mol. The number of benzene rings is 1. The largest absolute Gasteiger partial charge is 0.254 e. The van der Waals surface area contributed by atoms with Crippen LogP contribution < -0.4 is 0 Å². The van der Waals surface area contributed by atoms with Gasteiger partial charge in [-0.15, -0.1) is 0 Å². The Morgan fingerprint density at radius 3 is 2.93 bits per heavy atom. The average Bonchev–Trinajstić information content (AvgIpc) is 2.18. The molecule has 0 N–H and O–H groups in total. The summed E-state index contributed by atoms with van der Waals surface area (Å²) < 4.78 is 11.6. The maximum atomic E-state index is 11.6. The molecule has 0 aliphatic rings. The predicted molar refractivity (Wildman–Crippen MR) is 57.6 cm³/mol. The fourth-order valence-corrected chi connectivity index (χ4v) is 2.39. The van der Waals surface area contributed by atoms with E-state index >= 15 is 0 Å². The zero-order valence-electron chi connectivity index (χ0n) is 7.57. The molecule has 0 aliphatic heterocycles. The van der Waals surface area contributed by atoms with Crippen molar-refractivity contribution in [3.05, 3.63) is 29.3 Å². The number of unbranched alkanes of at least 4 members (excludes halogenated alkanes) is 1. The summed E-state index contributed by atoms with van der Waals surface area (Å²) in [5, 5.41) is 8.92. The third kappa shape index (κ3) is 3.49. The van der Waals surface area contributed by atoms with Crippen molar-refractivity contribution < 1.29 is 4.21 Å². The molecule has 2 nitrogen and oxygen atoms in total. The Morgan fingerprint density at radius 1 is 1.50 bits per heavy atom. The molecule has 0 heterocycles. The van der Waals surface area contributed by atoms with Gasteiger partial charge in [-0.2, -0.15) is 5.26 Å². The van der Waals surface area contributed by atoms with Gasteiger partial charge in [0.15, 0.2) is 0 Å². The number of rotatable bonds is 4. The maximum absolute atomic E-state index is 11.6. The Labute approximate surface area is 91.0 Å². The molecule has 0 radical (unpaired) electrons. The lowest BCUT2D eigenvalue weighted by Gasteiger charge is -2.00. The van der Waals surface area contributed by atoms with Gasteiger partial charge in [-0.25, -0.2) is 0 Å². The van der Waals surface area contributed by atoms with E-state index in [-0.39, 0.29) is 0 Å². The van der Waals surface area contributed by atoms with Crippen LogP contribution in [-0.2, 0) is 10.8 Å². The van der Waals surface area contributed by atoms with Gasteiger partial charge < -0.3 is 0 Å². The highest BCUT2D eigenvalue weighted by Gasteiger charge is 2.03. The molecule has 0 spiro atoms. The number of hydrogen-bond donors (Lipinski definition) is 0. The van der Waals surface area contributed by atoms with Gasteiger partial charge in [0.2, 0.25) is 0 Å². The molecule has 0 aliphatic carbocycles. The molecule has 0 aromatic heterocycles. The second-order valence-electron chi connectivity index (χ2n) is 2.77. The molecule has 0 fully saturated rings. The van der Waals surface area contributed by atoms with E-state index in [0.717, 1.165) is 4.90 Å². The molecule has 0 amide bonds. The van der Waals surface area contributed by atoms with Crippen molar-refractivity contribution in [2.75, 3.05) is 5.75 Å². The predicted octanol–water partition coefficient (Wildman–Crippen LogP) is 2.75. The van der Waals surface area contributed by atoms with Gasteiger partial charge in [-0.1, -0.05) is 17.7 Å². The summed E-state index contributed by atoms with van der Waals surface area (Å²) in [6.07, 6.45) is 1.11. The first-order valence-corrected chi connectivity index (χ1v) is 5.94. The summed E-state index contributed by atoms with van der Waals surface area (Å²) in [6, 6.07) is 9.04. The van der Waals surface area contributed by atoms with E-state index in [4.69, 9.17) is 16.9 Å². The summed E-state index contributed by atoms with van der Waals surface area (Å²) in [7, 11) is -1.03. The smallest absolute Gasteiger partial charge is 0.0622 e. The van der Waals surface area contributed by atoms with Gasteiger partial charge in [-0.05, 0) is 24.6 Å². The average molecular weight is 228 g/mol. The Kier molecular flexibility index (Phi) is 4.64. The van der Waals surface area contributed by atoms with Crippen LogP contribution in [0.1, 0.15) is 12.8 Å². The minimum absolute atomic E-state index is 0.451. The summed E-state index contributed by atoms with van der Waals surface area (Å²) >= 11 is 5.76. The van der Waals surface area contributed by atoms with Crippen molar-refractivity contribution in [3.8, 4) is 6.07 Å². The first kappa shape index (κ1) is 11.2. The van der Waals surface area contributed by atoms with Crippen molar-refractivity contribution in [1.82, 2.24) is 0 Å². The van der Waals surface area contributed by atoms with Gasteiger partial charge in [0.1, 0.15) is 0 Å². The number of hydrogen-bond acceptors (Lipinski definition) is 2. The van der Waals surface area contributed by atoms with Gasteiger partial charge in [0, 0.05) is 22.1 Å². The van der Waals surface area contributed by atoms with Crippen LogP contribution in [0.4, 0.5) is 0 Å². The quantitative estimate of drug-likeness (QED) is 0.743. The minimum Gasteiger partial charge on any atom is -0.254 e. The standard InChI is InChI=1S/C10H10ClNOS/c11-9-4-3-5-10(8-9)14(13)7-2-1-6-12/h3-5,8H,1-2,7H2. The molecule has 0 saturated carbocycles. The molecule has 74 valence electrons. The van der Waals surface area contributed by atoms with Crippen LogP contribution in [0.2, 0.25) is 5.02 Å². The highest BCUT2D eigenvalue weighted by molar-refractivity contribution is 7.85. The molecule has 14 heavy (non-hydrogen) atoms. The summed E-state index contributed by atoms with van der Waals surface area (Å²) in [6.45, 7) is 0. The Balaban J connectivity index is 2.57. The molecule has 1 atom stereocenters. The molecular weight excluding hydrogens is 218 g/mol. The normalized spacial score (nSPS) is 12.0. The summed E-state index contributed by atoms with van der Waals surface area (Å²) in [5.41, 5.74) is 0. The number of nitriles is 1. The number of nitrogens with zero attached hydrogens (tertiary/aromatic N) is 1. The van der Waals surface area contributed by atoms with Crippen molar-refractivity contribution in [2.45, 2.75) is 17.7 Å². The van der Waals surface area contributed by atoms with Crippen LogP contribution in [-0.4, -0.2) is 9.96 Å². The van der Waals surface area contributed by atoms with E-state index in [1.54, 1.807) is 24.3 Å². The van der Waals surface area contributed by atoms with Crippen LogP contribution >= 0.6 is 11.6 Å². The second kappa shape index (κ2) is 5.79. The van der Waals surface area contributed by atoms with E-state index in [1.165, 1.54) is 0 Å². The lowest BCUT2D eigenvalue weighted by atomic mass is 10.4. The van der Waals surface area contributed by atoms with Crippen LogP contribution in [0.5, 0.6) is 0 Å². The maximum Gasteiger partial charge on any atom is 0.0622 e. The van der Waals surface area contributed by atoms with Gasteiger partial charge in [0.05, 0.1) is 16.9 Å². The molecule has 0 bridgehead atoms. The van der Waals surface area contributed by atoms with Crippen LogP contribution in [0.15, 0.2) is 29.2 Å². The van der Waals surface area contributed by atoms with E-state index in [9.17, 15) is 4.21 Å². The molecule has 4 heteroatoms. The first-order chi connectivity index (χ1) is 6.74. The molecule has 1 aromatic rings. The Morgan fingerprint density at radius 2 is 2.29 bits per heavy atom. The van der Waals surface area contributed by atoms with Crippen molar-refractivity contribution in [1.29, 1.82) is 5.26 Å². The molecule has 0 saturated heterocycles. The fourth-order valence-electron chi connectivity index (χ4n) is 1.01. The lowest BCUT2D eigenvalue weighted by Crippen LogP contribution is -1.97. The highest BCUT2D eigenvalue weighted by Crippen LogP contribution is 2.14. The third-order valence-corrected chi connectivity index (χ3v) is 3.35. The molecule has 1 rings (SSSR count). The Bertz CT molecular complexity index is 373. The minimum atomic E-state index is -1.03. The van der Waals surface area contributed by atoms with E-state index in [0.29, 0.717) is 23.6 Å². The zero-order chi connectivity index (χ0) is 10.4. The molecule has 1 unspecified atom stereocenters. The van der Waals surface area contributed by atoms with E-state index in [2.05, 4.69) is 0 Å². The highest BCUT2D eigenvalue weighted by atomic mass is 35.5. The van der Waals surface area contributed by atoms with Gasteiger partial charge in [-0.3, -0.25) is 4.21 Å². The molecular formula is C10H10ClNOS. The van der Waals surface area contributed by atoms with Crippen molar-refractivity contribution >= 4 is 22.4 Å².